The second-order valence-electron chi connectivity index (χ2n) is 6.30. The van der Waals surface area contributed by atoms with E-state index in [0.29, 0.717) is 12.5 Å². The Kier molecular flexibility index (Phi) is 9.00. The molecule has 1 aliphatic carbocycles. The molecule has 0 aromatic carbocycles. The Hall–Kier alpha value is -0.350. The highest BCUT2D eigenvalue weighted by Gasteiger charge is 2.34. The van der Waals surface area contributed by atoms with Gasteiger partial charge in [0, 0.05) is 36.7 Å². The van der Waals surface area contributed by atoms with E-state index < -0.39 is 9.84 Å². The zero-order valence-electron chi connectivity index (χ0n) is 14.4. The summed E-state index contributed by atoms with van der Waals surface area (Å²) in [5, 5.41) is 8.64. The number of nitrogens with one attached hydrogen (secondary N) is 2. The summed E-state index contributed by atoms with van der Waals surface area (Å²) in [5.74, 6) is 0.791. The Bertz CT molecular complexity index is 609. The van der Waals surface area contributed by atoms with Gasteiger partial charge in [-0.1, -0.05) is 25.3 Å². The number of aliphatic imine (C=N–C) groups is 1. The number of sulfone groups is 1. The van der Waals surface area contributed by atoms with Gasteiger partial charge >= 0.3 is 0 Å². The minimum Gasteiger partial charge on any atom is -0.355 e. The van der Waals surface area contributed by atoms with Gasteiger partial charge in [0.2, 0.25) is 0 Å². The van der Waals surface area contributed by atoms with E-state index in [1.807, 2.05) is 11.3 Å². The van der Waals surface area contributed by atoms with Crippen LogP contribution in [-0.4, -0.2) is 46.5 Å². The summed E-state index contributed by atoms with van der Waals surface area (Å²) < 4.78 is 22.4. The Morgan fingerprint density at radius 2 is 2.00 bits per heavy atom. The molecule has 2 N–H and O–H groups in total. The van der Waals surface area contributed by atoms with Gasteiger partial charge in [0.1, 0.15) is 9.84 Å². The molecule has 0 aliphatic heterocycles. The van der Waals surface area contributed by atoms with Gasteiger partial charge in [-0.2, -0.15) is 0 Å². The quantitative estimate of drug-likeness (QED) is 0.370. The lowest BCUT2D eigenvalue weighted by Crippen LogP contribution is -2.47. The summed E-state index contributed by atoms with van der Waals surface area (Å²) in [6.45, 7) is 1.22. The third-order valence-corrected chi connectivity index (χ3v) is 6.50. The Morgan fingerprint density at radius 3 is 2.54 bits per heavy atom. The van der Waals surface area contributed by atoms with Crippen molar-refractivity contribution >= 4 is 51.1 Å². The standard InChI is InChI=1S/C16H27N3O2S2.HI/c1-17-15(18-10-12-23(2,20)21)19-13-16(8-4-3-5-9-16)14-7-6-11-22-14;/h6-7,11H,3-5,8-10,12-13H2,1-2H3,(H2,17,18,19);1H. The first kappa shape index (κ1) is 21.7. The zero-order chi connectivity index (χ0) is 16.8. The van der Waals surface area contributed by atoms with Crippen molar-refractivity contribution < 1.29 is 8.42 Å². The molecular weight excluding hydrogens is 457 g/mol. The fourth-order valence-electron chi connectivity index (χ4n) is 3.15. The van der Waals surface area contributed by atoms with E-state index in [0.717, 1.165) is 6.54 Å². The molecule has 0 bridgehead atoms. The van der Waals surface area contributed by atoms with Crippen molar-refractivity contribution in [2.75, 3.05) is 32.1 Å². The topological polar surface area (TPSA) is 70.6 Å². The number of rotatable bonds is 6. The smallest absolute Gasteiger partial charge is 0.191 e. The van der Waals surface area contributed by atoms with Gasteiger partial charge in [-0.05, 0) is 24.3 Å². The van der Waals surface area contributed by atoms with Gasteiger partial charge in [0.05, 0.1) is 5.75 Å². The van der Waals surface area contributed by atoms with Gasteiger partial charge in [0.15, 0.2) is 5.96 Å². The van der Waals surface area contributed by atoms with E-state index in [1.54, 1.807) is 7.05 Å². The van der Waals surface area contributed by atoms with Crippen molar-refractivity contribution in [3.8, 4) is 0 Å². The minimum atomic E-state index is -2.95. The number of halogens is 1. The van der Waals surface area contributed by atoms with Crippen molar-refractivity contribution in [1.29, 1.82) is 0 Å². The lowest BCUT2D eigenvalue weighted by atomic mass is 9.73. The van der Waals surface area contributed by atoms with E-state index in [4.69, 9.17) is 0 Å². The van der Waals surface area contributed by atoms with Crippen LogP contribution in [0.15, 0.2) is 22.5 Å². The summed E-state index contributed by atoms with van der Waals surface area (Å²) in [6.07, 6.45) is 7.48. The molecule has 1 fully saturated rings. The average Bonchev–Trinajstić information content (AvgIpc) is 3.05. The van der Waals surface area contributed by atoms with Crippen molar-refractivity contribution in [2.45, 2.75) is 37.5 Å². The second-order valence-corrected chi connectivity index (χ2v) is 9.51. The normalized spacial score (nSPS) is 17.8. The summed E-state index contributed by atoms with van der Waals surface area (Å²) in [4.78, 5) is 5.65. The van der Waals surface area contributed by atoms with Gasteiger partial charge in [-0.15, -0.1) is 35.3 Å². The second kappa shape index (κ2) is 9.96. The van der Waals surface area contributed by atoms with Crippen LogP contribution in [0, 0.1) is 0 Å². The SMILES string of the molecule is CN=C(NCCS(C)(=O)=O)NCC1(c2cccs2)CCCCC1.I. The Morgan fingerprint density at radius 1 is 1.29 bits per heavy atom. The molecule has 1 aromatic rings. The van der Waals surface area contributed by atoms with Crippen molar-refractivity contribution in [1.82, 2.24) is 10.6 Å². The fourth-order valence-corrected chi connectivity index (χ4v) is 4.61. The first-order chi connectivity index (χ1) is 11.0. The monoisotopic (exact) mass is 485 g/mol. The van der Waals surface area contributed by atoms with Gasteiger partial charge in [-0.25, -0.2) is 8.42 Å². The zero-order valence-corrected chi connectivity index (χ0v) is 18.3. The van der Waals surface area contributed by atoms with E-state index in [-0.39, 0.29) is 35.1 Å². The molecule has 0 amide bonds. The maximum Gasteiger partial charge on any atom is 0.191 e. The first-order valence-corrected chi connectivity index (χ1v) is 11.1. The number of thiophene rings is 1. The molecule has 2 rings (SSSR count). The van der Waals surface area contributed by atoms with Crippen molar-refractivity contribution in [3.05, 3.63) is 22.4 Å². The average molecular weight is 485 g/mol. The van der Waals surface area contributed by atoms with Crippen LogP contribution in [0.2, 0.25) is 0 Å². The third-order valence-electron chi connectivity index (χ3n) is 4.44. The number of guanidine groups is 1. The van der Waals surface area contributed by atoms with Crippen molar-refractivity contribution in [2.24, 2.45) is 4.99 Å². The molecule has 0 saturated heterocycles. The van der Waals surface area contributed by atoms with Crippen LogP contribution >= 0.6 is 35.3 Å². The highest BCUT2D eigenvalue weighted by molar-refractivity contribution is 14.0. The summed E-state index contributed by atoms with van der Waals surface area (Å²) in [6, 6.07) is 4.35. The van der Waals surface area contributed by atoms with Gasteiger partial charge in [-0.3, -0.25) is 4.99 Å². The first-order valence-electron chi connectivity index (χ1n) is 8.11. The highest BCUT2D eigenvalue weighted by Crippen LogP contribution is 2.40. The maximum atomic E-state index is 11.2. The highest BCUT2D eigenvalue weighted by atomic mass is 127. The maximum absolute atomic E-state index is 11.2. The molecule has 0 atom stereocenters. The molecule has 138 valence electrons. The number of nitrogens with zero attached hydrogens (tertiary/aromatic N) is 1. The van der Waals surface area contributed by atoms with E-state index in [2.05, 4.69) is 33.1 Å². The van der Waals surface area contributed by atoms with Crippen LogP contribution in [0.5, 0.6) is 0 Å². The molecular formula is C16H28IN3O2S2. The van der Waals surface area contributed by atoms with Crippen LogP contribution in [0.4, 0.5) is 0 Å². The molecule has 5 nitrogen and oxygen atoms in total. The molecule has 0 radical (unpaired) electrons. The van der Waals surface area contributed by atoms with Crippen LogP contribution < -0.4 is 10.6 Å². The summed E-state index contributed by atoms with van der Waals surface area (Å²) in [5.41, 5.74) is 0.181. The van der Waals surface area contributed by atoms with E-state index in [1.165, 1.54) is 43.2 Å². The van der Waals surface area contributed by atoms with Crippen LogP contribution in [0.1, 0.15) is 37.0 Å². The van der Waals surface area contributed by atoms with Crippen LogP contribution in [-0.2, 0) is 15.3 Å². The predicted molar refractivity (Wildman–Crippen MR) is 114 cm³/mol. The lowest BCUT2D eigenvalue weighted by Gasteiger charge is -2.37. The molecule has 1 aromatic heterocycles. The van der Waals surface area contributed by atoms with Gasteiger partial charge < -0.3 is 10.6 Å². The largest absolute Gasteiger partial charge is 0.355 e. The van der Waals surface area contributed by atoms with Crippen LogP contribution in [0.25, 0.3) is 0 Å². The molecule has 1 heterocycles. The fraction of sp³-hybridized carbons (Fsp3) is 0.688. The number of hydrogen-bond donors (Lipinski definition) is 2. The third kappa shape index (κ3) is 6.51. The predicted octanol–water partition coefficient (Wildman–Crippen LogP) is 2.78. The van der Waals surface area contributed by atoms with E-state index in [9.17, 15) is 8.42 Å². The molecule has 0 spiro atoms. The summed E-state index contributed by atoms with van der Waals surface area (Å²) >= 11 is 1.83. The minimum absolute atomic E-state index is 0. The molecule has 0 unspecified atom stereocenters. The molecule has 24 heavy (non-hydrogen) atoms. The van der Waals surface area contributed by atoms with Crippen LogP contribution in [0.3, 0.4) is 0 Å². The molecule has 1 saturated carbocycles. The Labute approximate surface area is 166 Å². The number of hydrogen-bond acceptors (Lipinski definition) is 4. The van der Waals surface area contributed by atoms with Crippen molar-refractivity contribution in [3.63, 3.8) is 0 Å². The van der Waals surface area contributed by atoms with E-state index >= 15 is 0 Å². The Balaban J connectivity index is 0.00000288. The molecule has 8 heteroatoms. The molecule has 1 aliphatic rings. The lowest BCUT2D eigenvalue weighted by molar-refractivity contribution is 0.296. The summed E-state index contributed by atoms with van der Waals surface area (Å²) in [7, 11) is -1.24. The van der Waals surface area contributed by atoms with Gasteiger partial charge in [0.25, 0.3) is 0 Å².